The number of nitrogens with one attached hydrogen (secondary N) is 1. The molecule has 28 heavy (non-hydrogen) atoms. The Bertz CT molecular complexity index is 378. The van der Waals surface area contributed by atoms with E-state index in [1.807, 2.05) is 0 Å². The molecule has 2 atom stereocenters. The molecule has 0 spiro atoms. The van der Waals surface area contributed by atoms with Crippen LogP contribution in [0.3, 0.4) is 0 Å². The average molecular weight is 417 g/mol. The lowest BCUT2D eigenvalue weighted by atomic mass is 10.0. The van der Waals surface area contributed by atoms with E-state index < -0.39 is 16.8 Å². The Morgan fingerprint density at radius 3 is 1.57 bits per heavy atom. The summed E-state index contributed by atoms with van der Waals surface area (Å²) in [6.45, 7) is 2.98. The van der Waals surface area contributed by atoms with Crippen molar-refractivity contribution in [2.45, 2.75) is 122 Å². The van der Waals surface area contributed by atoms with Gasteiger partial charge in [0.15, 0.2) is 0 Å². The number of hydrogen-bond donors (Lipinski definition) is 2. The van der Waals surface area contributed by atoms with Crippen LogP contribution in [0.4, 0.5) is 0 Å². The third kappa shape index (κ3) is 20.3. The van der Waals surface area contributed by atoms with Gasteiger partial charge in [-0.1, -0.05) is 103 Å². The molecule has 0 aliphatic carbocycles. The van der Waals surface area contributed by atoms with E-state index in [1.54, 1.807) is 6.26 Å². The van der Waals surface area contributed by atoms with Gasteiger partial charge in [-0.15, -0.1) is 0 Å². The van der Waals surface area contributed by atoms with Gasteiger partial charge in [-0.25, -0.2) is 0 Å². The molecule has 0 aliphatic rings. The zero-order valence-electron chi connectivity index (χ0n) is 18.8. The predicted octanol–water partition coefficient (Wildman–Crippen LogP) is 5.46. The van der Waals surface area contributed by atoms with Gasteiger partial charge in [-0.3, -0.25) is 9.00 Å². The van der Waals surface area contributed by atoms with E-state index in [4.69, 9.17) is 5.73 Å². The molecule has 0 aromatic carbocycles. The topological polar surface area (TPSA) is 72.2 Å². The molecule has 1 amide bonds. The summed E-state index contributed by atoms with van der Waals surface area (Å²) in [5.74, 6) is 0.389. The largest absolute Gasteiger partial charge is 0.355 e. The predicted molar refractivity (Wildman–Crippen MR) is 124 cm³/mol. The van der Waals surface area contributed by atoms with Crippen LogP contribution < -0.4 is 11.1 Å². The Labute approximate surface area is 177 Å². The number of nitrogens with two attached hydrogens (primary N) is 1. The van der Waals surface area contributed by atoms with Crippen molar-refractivity contribution >= 4 is 16.7 Å². The first-order chi connectivity index (χ1) is 13.6. The lowest BCUT2D eigenvalue weighted by Gasteiger charge is -2.11. The summed E-state index contributed by atoms with van der Waals surface area (Å²) in [5.41, 5.74) is 5.79. The molecule has 2 unspecified atom stereocenters. The Kier molecular flexibility index (Phi) is 21.0. The highest BCUT2D eigenvalue weighted by Crippen LogP contribution is 2.13. The highest BCUT2D eigenvalue weighted by atomic mass is 32.2. The van der Waals surface area contributed by atoms with E-state index in [2.05, 4.69) is 12.2 Å². The number of amides is 1. The minimum atomic E-state index is -0.881. The number of carbonyl (C=O) groups excluding carboxylic acids is 1. The lowest BCUT2D eigenvalue weighted by molar-refractivity contribution is -0.122. The summed E-state index contributed by atoms with van der Waals surface area (Å²) in [5, 5.41) is 2.89. The standard InChI is InChI=1S/C23H48N2O2S/c1-3-4-5-6-7-8-9-10-11-12-13-14-15-16-17-18-20-25-23(26)22(24)19-21-28(2)27/h22H,3-21,24H2,1-2H3,(H,25,26). The van der Waals surface area contributed by atoms with Crippen molar-refractivity contribution < 1.29 is 9.00 Å². The highest BCUT2D eigenvalue weighted by Gasteiger charge is 2.12. The Morgan fingerprint density at radius 1 is 0.786 bits per heavy atom. The maximum atomic E-state index is 11.8. The molecule has 5 heteroatoms. The SMILES string of the molecule is CCCCCCCCCCCCCCCCCCNC(=O)C(N)CCS(C)=O. The van der Waals surface area contributed by atoms with E-state index in [0.29, 0.717) is 18.7 Å². The van der Waals surface area contributed by atoms with Crippen molar-refractivity contribution in [3.05, 3.63) is 0 Å². The molecule has 0 aromatic heterocycles. The number of carbonyl (C=O) groups is 1. The molecule has 168 valence electrons. The Hall–Kier alpha value is -0.420. The Balaban J connectivity index is 3.21. The van der Waals surface area contributed by atoms with E-state index in [-0.39, 0.29) is 5.91 Å². The monoisotopic (exact) mass is 416 g/mol. The van der Waals surface area contributed by atoms with E-state index in [1.165, 1.54) is 96.3 Å². The quantitative estimate of drug-likeness (QED) is 0.244. The van der Waals surface area contributed by atoms with Crippen LogP contribution in [-0.4, -0.2) is 34.7 Å². The fraction of sp³-hybridized carbons (Fsp3) is 0.957. The summed E-state index contributed by atoms with van der Waals surface area (Å²) in [4.78, 5) is 11.8. The van der Waals surface area contributed by atoms with Crippen molar-refractivity contribution in [3.63, 3.8) is 0 Å². The van der Waals surface area contributed by atoms with Gasteiger partial charge in [-0.05, 0) is 12.8 Å². The van der Waals surface area contributed by atoms with Gasteiger partial charge >= 0.3 is 0 Å². The highest BCUT2D eigenvalue weighted by molar-refractivity contribution is 7.84. The number of hydrogen-bond acceptors (Lipinski definition) is 3. The van der Waals surface area contributed by atoms with Crippen LogP contribution in [0.1, 0.15) is 116 Å². The molecular weight excluding hydrogens is 368 g/mol. The van der Waals surface area contributed by atoms with E-state index in [9.17, 15) is 9.00 Å². The van der Waals surface area contributed by atoms with Crippen molar-refractivity contribution in [2.75, 3.05) is 18.6 Å². The molecule has 0 rings (SSSR count). The molecule has 0 aliphatic heterocycles. The van der Waals surface area contributed by atoms with Crippen LogP contribution in [0.2, 0.25) is 0 Å². The first kappa shape index (κ1) is 27.6. The van der Waals surface area contributed by atoms with Gasteiger partial charge in [0.25, 0.3) is 0 Å². The van der Waals surface area contributed by atoms with Gasteiger partial charge in [0.2, 0.25) is 5.91 Å². The summed E-state index contributed by atoms with van der Waals surface area (Å²) in [7, 11) is -0.881. The molecule has 0 bridgehead atoms. The molecular formula is C23H48N2O2S. The van der Waals surface area contributed by atoms with Gasteiger partial charge in [-0.2, -0.15) is 0 Å². The minimum Gasteiger partial charge on any atom is -0.355 e. The zero-order chi connectivity index (χ0) is 20.9. The summed E-state index contributed by atoms with van der Waals surface area (Å²) >= 11 is 0. The zero-order valence-corrected chi connectivity index (χ0v) is 19.6. The maximum absolute atomic E-state index is 11.8. The fourth-order valence-corrected chi connectivity index (χ4v) is 4.03. The van der Waals surface area contributed by atoms with Crippen LogP contribution in [0, 0.1) is 0 Å². The first-order valence-corrected chi connectivity index (χ1v) is 13.6. The van der Waals surface area contributed by atoms with Crippen LogP contribution in [0.5, 0.6) is 0 Å². The lowest BCUT2D eigenvalue weighted by Crippen LogP contribution is -2.41. The molecule has 0 saturated heterocycles. The van der Waals surface area contributed by atoms with E-state index in [0.717, 1.165) is 6.42 Å². The summed E-state index contributed by atoms with van der Waals surface area (Å²) in [6, 6.07) is -0.523. The smallest absolute Gasteiger partial charge is 0.236 e. The maximum Gasteiger partial charge on any atom is 0.236 e. The first-order valence-electron chi connectivity index (χ1n) is 11.9. The Morgan fingerprint density at radius 2 is 1.18 bits per heavy atom. The average Bonchev–Trinajstić information content (AvgIpc) is 2.68. The minimum absolute atomic E-state index is 0.105. The second kappa shape index (κ2) is 21.3. The van der Waals surface area contributed by atoms with E-state index >= 15 is 0 Å². The van der Waals surface area contributed by atoms with Crippen LogP contribution in [0.25, 0.3) is 0 Å². The number of rotatable bonds is 21. The normalized spacial score (nSPS) is 13.4. The van der Waals surface area contributed by atoms with Crippen LogP contribution in [-0.2, 0) is 15.6 Å². The number of unbranched alkanes of at least 4 members (excludes halogenated alkanes) is 15. The fourth-order valence-electron chi connectivity index (χ4n) is 3.44. The molecule has 3 N–H and O–H groups in total. The van der Waals surface area contributed by atoms with Gasteiger partial charge in [0, 0.05) is 29.4 Å². The van der Waals surface area contributed by atoms with Gasteiger partial charge in [0.05, 0.1) is 6.04 Å². The summed E-state index contributed by atoms with van der Waals surface area (Å²) in [6.07, 6.45) is 23.8. The van der Waals surface area contributed by atoms with Crippen molar-refractivity contribution in [2.24, 2.45) is 5.73 Å². The third-order valence-corrected chi connectivity index (χ3v) is 6.19. The molecule has 0 fully saturated rings. The molecule has 0 saturated carbocycles. The molecule has 0 aromatic rings. The molecule has 4 nitrogen and oxygen atoms in total. The third-order valence-electron chi connectivity index (χ3n) is 5.38. The summed E-state index contributed by atoms with van der Waals surface area (Å²) < 4.78 is 11.0. The second-order valence-electron chi connectivity index (χ2n) is 8.27. The van der Waals surface area contributed by atoms with Crippen molar-refractivity contribution in [1.29, 1.82) is 0 Å². The molecule has 0 heterocycles. The van der Waals surface area contributed by atoms with Crippen molar-refractivity contribution in [3.8, 4) is 0 Å². The second-order valence-corrected chi connectivity index (χ2v) is 9.82. The van der Waals surface area contributed by atoms with Gasteiger partial charge in [0.1, 0.15) is 0 Å². The van der Waals surface area contributed by atoms with Gasteiger partial charge < -0.3 is 11.1 Å². The van der Waals surface area contributed by atoms with Crippen LogP contribution >= 0.6 is 0 Å². The van der Waals surface area contributed by atoms with Crippen LogP contribution in [0.15, 0.2) is 0 Å². The molecule has 0 radical (unpaired) electrons. The van der Waals surface area contributed by atoms with Crippen molar-refractivity contribution in [1.82, 2.24) is 5.32 Å².